The van der Waals surface area contributed by atoms with E-state index in [0.29, 0.717) is 5.56 Å². The Balaban J connectivity index is 1.87. The van der Waals surface area contributed by atoms with Crippen LogP contribution in [0.2, 0.25) is 0 Å². The second kappa shape index (κ2) is 8.63. The molecule has 27 heavy (non-hydrogen) atoms. The van der Waals surface area contributed by atoms with Crippen molar-refractivity contribution >= 4 is 38.4 Å². The van der Waals surface area contributed by atoms with Crippen LogP contribution in [0.15, 0.2) is 42.5 Å². The van der Waals surface area contributed by atoms with E-state index in [2.05, 4.69) is 10.6 Å². The Morgan fingerprint density at radius 3 is 2.37 bits per heavy atom. The molecule has 0 spiro atoms. The van der Waals surface area contributed by atoms with E-state index in [4.69, 9.17) is 5.11 Å². The minimum atomic E-state index is -3.57. The fourth-order valence-electron chi connectivity index (χ4n) is 2.47. The first-order valence-electron chi connectivity index (χ1n) is 8.12. The largest absolute Gasteiger partial charge is 0.480 e. The van der Waals surface area contributed by atoms with Crippen molar-refractivity contribution in [2.75, 3.05) is 18.6 Å². The molecule has 0 unspecified atom stereocenters. The van der Waals surface area contributed by atoms with Crippen LogP contribution in [0.3, 0.4) is 0 Å². The Kier molecular flexibility index (Phi) is 6.51. The number of nitrogens with one attached hydrogen (secondary N) is 2. The Bertz CT molecular complexity index is 971. The monoisotopic (exact) mass is 392 g/mol. The Labute approximate surface area is 156 Å². The Morgan fingerprint density at radius 2 is 1.74 bits per heavy atom. The molecule has 0 aliphatic carbocycles. The summed E-state index contributed by atoms with van der Waals surface area (Å²) < 4.78 is 22.4. The SMILES string of the molecule is CS(=O)(=O)C[C@H](NC(=O)CCNC(=O)c1ccc2ccccc2c1)C(=O)O. The number of carboxylic acids is 1. The number of aliphatic carboxylic acids is 1. The van der Waals surface area contributed by atoms with Gasteiger partial charge in [0.15, 0.2) is 0 Å². The number of benzene rings is 2. The van der Waals surface area contributed by atoms with Gasteiger partial charge < -0.3 is 15.7 Å². The van der Waals surface area contributed by atoms with Gasteiger partial charge in [0.1, 0.15) is 15.9 Å². The fourth-order valence-corrected chi connectivity index (χ4v) is 3.30. The molecule has 0 saturated carbocycles. The van der Waals surface area contributed by atoms with Crippen LogP contribution in [0.25, 0.3) is 10.8 Å². The molecule has 8 nitrogen and oxygen atoms in total. The van der Waals surface area contributed by atoms with Gasteiger partial charge in [0.25, 0.3) is 5.91 Å². The maximum absolute atomic E-state index is 12.2. The maximum Gasteiger partial charge on any atom is 0.327 e. The van der Waals surface area contributed by atoms with Gasteiger partial charge in [-0.15, -0.1) is 0 Å². The highest BCUT2D eigenvalue weighted by Gasteiger charge is 2.24. The molecule has 2 amide bonds. The molecule has 0 radical (unpaired) electrons. The summed E-state index contributed by atoms with van der Waals surface area (Å²) in [4.78, 5) is 35.0. The lowest BCUT2D eigenvalue weighted by molar-refractivity contribution is -0.141. The van der Waals surface area contributed by atoms with Crippen molar-refractivity contribution in [2.24, 2.45) is 0 Å². The lowest BCUT2D eigenvalue weighted by atomic mass is 10.1. The van der Waals surface area contributed by atoms with Gasteiger partial charge in [-0.25, -0.2) is 13.2 Å². The molecule has 0 aromatic heterocycles. The van der Waals surface area contributed by atoms with E-state index < -0.39 is 33.5 Å². The number of carboxylic acid groups (broad SMARTS) is 1. The highest BCUT2D eigenvalue weighted by atomic mass is 32.2. The first-order valence-corrected chi connectivity index (χ1v) is 10.2. The summed E-state index contributed by atoms with van der Waals surface area (Å²) in [5.41, 5.74) is 0.439. The van der Waals surface area contributed by atoms with Crippen LogP contribution in [-0.2, 0) is 19.4 Å². The third kappa shape index (κ3) is 6.37. The molecule has 0 fully saturated rings. The van der Waals surface area contributed by atoms with Gasteiger partial charge in [-0.3, -0.25) is 9.59 Å². The van der Waals surface area contributed by atoms with Crippen LogP contribution in [-0.4, -0.2) is 55.9 Å². The van der Waals surface area contributed by atoms with E-state index in [0.717, 1.165) is 17.0 Å². The summed E-state index contributed by atoms with van der Waals surface area (Å²) in [5, 5.41) is 15.6. The smallest absolute Gasteiger partial charge is 0.327 e. The summed E-state index contributed by atoms with van der Waals surface area (Å²) in [6.07, 6.45) is 0.714. The topological polar surface area (TPSA) is 130 Å². The third-order valence-electron chi connectivity index (χ3n) is 3.75. The quantitative estimate of drug-likeness (QED) is 0.602. The summed E-state index contributed by atoms with van der Waals surface area (Å²) in [6, 6.07) is 11.3. The van der Waals surface area contributed by atoms with Gasteiger partial charge in [-0.05, 0) is 22.9 Å². The summed E-state index contributed by atoms with van der Waals surface area (Å²) >= 11 is 0. The molecular formula is C18H20N2O6S. The molecule has 0 heterocycles. The van der Waals surface area contributed by atoms with Crippen molar-refractivity contribution in [1.82, 2.24) is 10.6 Å². The van der Waals surface area contributed by atoms with Gasteiger partial charge >= 0.3 is 5.97 Å². The third-order valence-corrected chi connectivity index (χ3v) is 4.69. The average molecular weight is 392 g/mol. The highest BCUT2D eigenvalue weighted by molar-refractivity contribution is 7.90. The van der Waals surface area contributed by atoms with Crippen LogP contribution >= 0.6 is 0 Å². The zero-order valence-corrected chi connectivity index (χ0v) is 15.5. The number of carbonyl (C=O) groups is 3. The molecule has 144 valence electrons. The second-order valence-corrected chi connectivity index (χ2v) is 8.30. The minimum absolute atomic E-state index is 0.0112. The first kappa shape index (κ1) is 20.4. The van der Waals surface area contributed by atoms with Gasteiger partial charge in [0, 0.05) is 24.8 Å². The first-order chi connectivity index (χ1) is 12.7. The van der Waals surface area contributed by atoms with Crippen molar-refractivity contribution in [3.05, 3.63) is 48.0 Å². The van der Waals surface area contributed by atoms with Crippen LogP contribution in [0.1, 0.15) is 16.8 Å². The van der Waals surface area contributed by atoms with Crippen LogP contribution < -0.4 is 10.6 Å². The number of rotatable bonds is 8. The zero-order valence-electron chi connectivity index (χ0n) is 14.6. The normalized spacial score (nSPS) is 12.3. The number of carbonyl (C=O) groups excluding carboxylic acids is 2. The van der Waals surface area contributed by atoms with E-state index >= 15 is 0 Å². The van der Waals surface area contributed by atoms with Crippen molar-refractivity contribution < 1.29 is 27.9 Å². The van der Waals surface area contributed by atoms with Crippen LogP contribution in [0.5, 0.6) is 0 Å². The molecule has 2 rings (SSSR count). The molecule has 0 aliphatic heterocycles. The van der Waals surface area contributed by atoms with Crippen molar-refractivity contribution in [3.63, 3.8) is 0 Å². The Hall–Kier alpha value is -2.94. The van der Waals surface area contributed by atoms with Gasteiger partial charge in [-0.2, -0.15) is 0 Å². The number of hydrogen-bond donors (Lipinski definition) is 3. The number of amides is 2. The molecule has 0 aliphatic rings. The lowest BCUT2D eigenvalue weighted by Gasteiger charge is -2.13. The van der Waals surface area contributed by atoms with Crippen LogP contribution in [0.4, 0.5) is 0 Å². The predicted molar refractivity (Wildman–Crippen MR) is 100 cm³/mol. The number of fused-ring (bicyclic) bond motifs is 1. The molecule has 2 aromatic rings. The van der Waals surface area contributed by atoms with Crippen molar-refractivity contribution in [1.29, 1.82) is 0 Å². The maximum atomic E-state index is 12.2. The molecule has 0 saturated heterocycles. The molecule has 2 aromatic carbocycles. The van der Waals surface area contributed by atoms with E-state index in [1.165, 1.54) is 0 Å². The van der Waals surface area contributed by atoms with Crippen molar-refractivity contribution in [2.45, 2.75) is 12.5 Å². The van der Waals surface area contributed by atoms with Gasteiger partial charge in [-0.1, -0.05) is 30.3 Å². The van der Waals surface area contributed by atoms with Gasteiger partial charge in [0.05, 0.1) is 5.75 Å². The number of sulfone groups is 1. The highest BCUT2D eigenvalue weighted by Crippen LogP contribution is 2.15. The molecule has 1 atom stereocenters. The average Bonchev–Trinajstić information content (AvgIpc) is 2.59. The lowest BCUT2D eigenvalue weighted by Crippen LogP contribution is -2.45. The van der Waals surface area contributed by atoms with Crippen molar-refractivity contribution in [3.8, 4) is 0 Å². The number of hydrogen-bond acceptors (Lipinski definition) is 5. The van der Waals surface area contributed by atoms with E-state index in [1.807, 2.05) is 30.3 Å². The summed E-state index contributed by atoms with van der Waals surface area (Å²) in [6.45, 7) is -0.0112. The molecule has 0 bridgehead atoms. The van der Waals surface area contributed by atoms with E-state index in [9.17, 15) is 22.8 Å². The molecule has 9 heteroatoms. The minimum Gasteiger partial charge on any atom is -0.480 e. The van der Waals surface area contributed by atoms with Gasteiger partial charge in [0.2, 0.25) is 5.91 Å². The van der Waals surface area contributed by atoms with Crippen LogP contribution in [0, 0.1) is 0 Å². The molecule has 3 N–H and O–H groups in total. The Morgan fingerprint density at radius 1 is 1.07 bits per heavy atom. The van der Waals surface area contributed by atoms with E-state index in [-0.39, 0.29) is 18.9 Å². The summed E-state index contributed by atoms with van der Waals surface area (Å²) in [7, 11) is -3.57. The predicted octanol–water partition coefficient (Wildman–Crippen LogP) is 0.574. The summed E-state index contributed by atoms with van der Waals surface area (Å²) in [5.74, 6) is -3.16. The second-order valence-electron chi connectivity index (χ2n) is 6.12. The van der Waals surface area contributed by atoms with E-state index in [1.54, 1.807) is 12.1 Å². The zero-order chi connectivity index (χ0) is 20.0. The standard InChI is InChI=1S/C18H20N2O6S/c1-27(25,26)11-15(18(23)24)20-16(21)8-9-19-17(22)14-7-6-12-4-2-3-5-13(12)10-14/h2-7,10,15H,8-9,11H2,1H3,(H,19,22)(H,20,21)(H,23,24)/t15-/m0/s1. The fraction of sp³-hybridized carbons (Fsp3) is 0.278. The molecular weight excluding hydrogens is 372 g/mol.